The molecule has 0 aromatic carbocycles. The second-order valence-corrected chi connectivity index (χ2v) is 2.90. The van der Waals surface area contributed by atoms with Gasteiger partial charge in [0.1, 0.15) is 0 Å². The van der Waals surface area contributed by atoms with Crippen LogP contribution in [0.25, 0.3) is 0 Å². The molecule has 0 saturated heterocycles. The van der Waals surface area contributed by atoms with Crippen LogP contribution in [0, 0.1) is 5.92 Å². The molecular weight excluding hydrogens is 136 g/mol. The Kier molecular flexibility index (Phi) is 3.83. The summed E-state index contributed by atoms with van der Waals surface area (Å²) in [4.78, 5) is 0. The fraction of sp³-hybridized carbons (Fsp3) is 0.400. The Morgan fingerprint density at radius 2 is 1.73 bits per heavy atom. The first-order valence-corrected chi connectivity index (χ1v) is 3.62. The zero-order valence-electron chi connectivity index (χ0n) is 7.30. The van der Waals surface area contributed by atoms with E-state index >= 15 is 0 Å². The van der Waals surface area contributed by atoms with Gasteiger partial charge in [-0.3, -0.25) is 0 Å². The van der Waals surface area contributed by atoms with E-state index in [1.54, 1.807) is 13.0 Å². The number of aliphatic hydroxyl groups excluding tert-OH is 1. The maximum absolute atomic E-state index is 9.52. The van der Waals surface area contributed by atoms with E-state index in [2.05, 4.69) is 19.7 Å². The van der Waals surface area contributed by atoms with Gasteiger partial charge < -0.3 is 5.11 Å². The molecule has 0 heterocycles. The normalized spacial score (nSPS) is 15.2. The highest BCUT2D eigenvalue weighted by Gasteiger charge is 2.16. The molecule has 0 aromatic rings. The van der Waals surface area contributed by atoms with Gasteiger partial charge in [0.2, 0.25) is 0 Å². The van der Waals surface area contributed by atoms with Crippen molar-refractivity contribution in [3.63, 3.8) is 0 Å². The minimum atomic E-state index is -0.537. The van der Waals surface area contributed by atoms with Crippen LogP contribution in [0.2, 0.25) is 0 Å². The standard InChI is InChI=1S/C10H16O/c1-6-9(7(2)3)10(11)8(4)5/h6,9-11H,1-2,4H2,3,5H3/t9-,10-/m0/s1. The van der Waals surface area contributed by atoms with Crippen molar-refractivity contribution in [2.75, 3.05) is 0 Å². The molecule has 2 atom stereocenters. The maximum Gasteiger partial charge on any atom is 0.0844 e. The van der Waals surface area contributed by atoms with Crippen LogP contribution in [0.1, 0.15) is 13.8 Å². The number of rotatable bonds is 4. The van der Waals surface area contributed by atoms with Gasteiger partial charge >= 0.3 is 0 Å². The predicted molar refractivity (Wildman–Crippen MR) is 49.3 cm³/mol. The van der Waals surface area contributed by atoms with Crippen LogP contribution in [0.4, 0.5) is 0 Å². The lowest BCUT2D eigenvalue weighted by molar-refractivity contribution is 0.181. The summed E-state index contributed by atoms with van der Waals surface area (Å²) in [6, 6.07) is 0. The van der Waals surface area contributed by atoms with Gasteiger partial charge in [-0.25, -0.2) is 0 Å². The molecule has 0 bridgehead atoms. The van der Waals surface area contributed by atoms with Crippen molar-refractivity contribution in [3.05, 3.63) is 37.0 Å². The molecule has 1 heteroatoms. The van der Waals surface area contributed by atoms with E-state index in [1.165, 1.54) is 0 Å². The molecule has 0 unspecified atom stereocenters. The molecule has 0 aliphatic heterocycles. The van der Waals surface area contributed by atoms with Crippen LogP contribution < -0.4 is 0 Å². The Hall–Kier alpha value is -0.820. The molecule has 0 rings (SSSR count). The third-order valence-electron chi connectivity index (χ3n) is 1.67. The van der Waals surface area contributed by atoms with E-state index in [0.717, 1.165) is 11.1 Å². The van der Waals surface area contributed by atoms with Crippen LogP contribution in [-0.2, 0) is 0 Å². The van der Waals surface area contributed by atoms with Crippen molar-refractivity contribution in [2.45, 2.75) is 20.0 Å². The van der Waals surface area contributed by atoms with Crippen LogP contribution in [0.3, 0.4) is 0 Å². The fourth-order valence-electron chi connectivity index (χ4n) is 0.906. The van der Waals surface area contributed by atoms with Crippen molar-refractivity contribution in [3.8, 4) is 0 Å². The van der Waals surface area contributed by atoms with E-state index in [1.807, 2.05) is 6.92 Å². The Bertz CT molecular complexity index is 179. The molecule has 0 aliphatic rings. The molecule has 1 N–H and O–H groups in total. The van der Waals surface area contributed by atoms with Crippen LogP contribution in [0.15, 0.2) is 37.0 Å². The summed E-state index contributed by atoms with van der Waals surface area (Å²) in [7, 11) is 0. The van der Waals surface area contributed by atoms with Crippen LogP contribution in [0.5, 0.6) is 0 Å². The summed E-state index contributed by atoms with van der Waals surface area (Å²) in [5.41, 5.74) is 1.66. The monoisotopic (exact) mass is 152 g/mol. The van der Waals surface area contributed by atoms with Crippen LogP contribution >= 0.6 is 0 Å². The highest BCUT2D eigenvalue weighted by atomic mass is 16.3. The van der Waals surface area contributed by atoms with Crippen molar-refractivity contribution >= 4 is 0 Å². The maximum atomic E-state index is 9.52. The fourth-order valence-corrected chi connectivity index (χ4v) is 0.906. The molecule has 0 aromatic heterocycles. The average Bonchev–Trinajstić information content (AvgIpc) is 1.88. The third-order valence-corrected chi connectivity index (χ3v) is 1.67. The molecule has 11 heavy (non-hydrogen) atoms. The van der Waals surface area contributed by atoms with Gasteiger partial charge in [-0.2, -0.15) is 0 Å². The summed E-state index contributed by atoms with van der Waals surface area (Å²) in [6.07, 6.45) is 1.16. The first-order valence-electron chi connectivity index (χ1n) is 3.62. The van der Waals surface area contributed by atoms with Gasteiger partial charge in [0.05, 0.1) is 6.10 Å². The number of hydrogen-bond donors (Lipinski definition) is 1. The van der Waals surface area contributed by atoms with E-state index in [4.69, 9.17) is 0 Å². The topological polar surface area (TPSA) is 20.2 Å². The molecule has 62 valence electrons. The predicted octanol–water partition coefficient (Wildman–Crippen LogP) is 2.30. The number of aliphatic hydroxyl groups is 1. The molecular formula is C10H16O. The Labute approximate surface area is 68.7 Å². The van der Waals surface area contributed by atoms with E-state index in [9.17, 15) is 5.11 Å². The Morgan fingerprint density at radius 3 is 1.82 bits per heavy atom. The minimum Gasteiger partial charge on any atom is -0.388 e. The average molecular weight is 152 g/mol. The molecule has 0 radical (unpaired) electrons. The minimum absolute atomic E-state index is 0.0625. The lowest BCUT2D eigenvalue weighted by Crippen LogP contribution is -2.19. The van der Waals surface area contributed by atoms with Gasteiger partial charge in [-0.1, -0.05) is 30.4 Å². The summed E-state index contributed by atoms with van der Waals surface area (Å²) in [5, 5.41) is 9.52. The summed E-state index contributed by atoms with van der Waals surface area (Å²) in [5.74, 6) is -0.0625. The van der Waals surface area contributed by atoms with Crippen molar-refractivity contribution in [2.24, 2.45) is 5.92 Å². The zero-order valence-corrected chi connectivity index (χ0v) is 7.30. The van der Waals surface area contributed by atoms with Crippen molar-refractivity contribution in [1.29, 1.82) is 0 Å². The molecule has 0 aliphatic carbocycles. The quantitative estimate of drug-likeness (QED) is 0.613. The van der Waals surface area contributed by atoms with Gasteiger partial charge in [0.25, 0.3) is 0 Å². The first-order chi connectivity index (χ1) is 5.00. The summed E-state index contributed by atoms with van der Waals surface area (Å²) >= 11 is 0. The van der Waals surface area contributed by atoms with E-state index in [-0.39, 0.29) is 5.92 Å². The van der Waals surface area contributed by atoms with Crippen molar-refractivity contribution < 1.29 is 5.11 Å². The van der Waals surface area contributed by atoms with Crippen LogP contribution in [-0.4, -0.2) is 11.2 Å². The zero-order chi connectivity index (χ0) is 9.02. The molecule has 1 nitrogen and oxygen atoms in total. The lowest BCUT2D eigenvalue weighted by atomic mass is 9.92. The highest BCUT2D eigenvalue weighted by Crippen LogP contribution is 2.18. The molecule has 0 spiro atoms. The van der Waals surface area contributed by atoms with Gasteiger partial charge in [0, 0.05) is 5.92 Å². The molecule has 0 saturated carbocycles. The summed E-state index contributed by atoms with van der Waals surface area (Å²) < 4.78 is 0. The highest BCUT2D eigenvalue weighted by molar-refractivity contribution is 5.15. The van der Waals surface area contributed by atoms with E-state index in [0.29, 0.717) is 0 Å². The Morgan fingerprint density at radius 1 is 1.27 bits per heavy atom. The summed E-state index contributed by atoms with van der Waals surface area (Å²) in [6.45, 7) is 14.7. The number of hydrogen-bond acceptors (Lipinski definition) is 1. The van der Waals surface area contributed by atoms with E-state index < -0.39 is 6.10 Å². The first kappa shape index (κ1) is 10.2. The van der Waals surface area contributed by atoms with Gasteiger partial charge in [-0.15, -0.1) is 6.58 Å². The lowest BCUT2D eigenvalue weighted by Gasteiger charge is -2.19. The SMILES string of the molecule is C=C[C@@H](C(=C)C)[C@@H](O)C(=C)C. The van der Waals surface area contributed by atoms with Gasteiger partial charge in [0.15, 0.2) is 0 Å². The second kappa shape index (κ2) is 4.14. The molecule has 0 amide bonds. The second-order valence-electron chi connectivity index (χ2n) is 2.90. The van der Waals surface area contributed by atoms with Crippen molar-refractivity contribution in [1.82, 2.24) is 0 Å². The largest absolute Gasteiger partial charge is 0.388 e. The van der Waals surface area contributed by atoms with Gasteiger partial charge in [-0.05, 0) is 13.8 Å². The smallest absolute Gasteiger partial charge is 0.0844 e. The third kappa shape index (κ3) is 2.72. The Balaban J connectivity index is 4.37. The molecule has 0 fully saturated rings.